The molecule has 30 heavy (non-hydrogen) atoms. The van der Waals surface area contributed by atoms with Crippen LogP contribution in [0.1, 0.15) is 11.6 Å². The Hall–Kier alpha value is -2.84. The summed E-state index contributed by atoms with van der Waals surface area (Å²) in [6.45, 7) is 1.67. The maximum absolute atomic E-state index is 12.9. The van der Waals surface area contributed by atoms with Crippen molar-refractivity contribution in [3.05, 3.63) is 59.4 Å². The minimum absolute atomic E-state index is 0.0413. The van der Waals surface area contributed by atoms with Crippen LogP contribution in [0.15, 0.2) is 48.7 Å². The van der Waals surface area contributed by atoms with Gasteiger partial charge < -0.3 is 19.1 Å². The highest BCUT2D eigenvalue weighted by Gasteiger charge is 2.37. The molecule has 2 saturated heterocycles. The molecule has 0 spiro atoms. The number of pyridine rings is 1. The highest BCUT2D eigenvalue weighted by Crippen LogP contribution is 2.27. The number of halogens is 1. The van der Waals surface area contributed by atoms with E-state index in [1.165, 1.54) is 4.90 Å². The topological polar surface area (TPSA) is 81.2 Å². The Morgan fingerprint density at radius 3 is 2.87 bits per heavy atom. The fourth-order valence-corrected chi connectivity index (χ4v) is 3.70. The lowest BCUT2D eigenvalue weighted by atomic mass is 10.1. The van der Waals surface area contributed by atoms with Gasteiger partial charge in [0.25, 0.3) is 0 Å². The molecule has 0 saturated carbocycles. The number of ether oxygens (including phenoxy) is 3. The lowest BCUT2D eigenvalue weighted by molar-refractivity contribution is -0.140. The SMILES string of the molecule is O=C(CN1C(=O)OC[C@@H]1c1ccccc1)N1CCOC(COc2cccnc2Cl)C1. The van der Waals surface area contributed by atoms with Crippen LogP contribution >= 0.6 is 11.6 Å². The highest BCUT2D eigenvalue weighted by atomic mass is 35.5. The largest absolute Gasteiger partial charge is 0.488 e. The maximum Gasteiger partial charge on any atom is 0.410 e. The number of amides is 2. The van der Waals surface area contributed by atoms with E-state index in [1.54, 1.807) is 23.2 Å². The van der Waals surface area contributed by atoms with E-state index in [9.17, 15) is 9.59 Å². The summed E-state index contributed by atoms with van der Waals surface area (Å²) in [6, 6.07) is 12.8. The first-order valence-electron chi connectivity index (χ1n) is 9.73. The molecule has 1 aromatic heterocycles. The molecule has 2 aromatic rings. The van der Waals surface area contributed by atoms with Crippen LogP contribution in [-0.2, 0) is 14.3 Å². The number of morpholine rings is 1. The number of nitrogens with zero attached hydrogens (tertiary/aromatic N) is 3. The van der Waals surface area contributed by atoms with Crippen LogP contribution in [0.4, 0.5) is 4.79 Å². The Bertz CT molecular complexity index is 897. The molecule has 4 rings (SSSR count). The fourth-order valence-electron chi connectivity index (χ4n) is 3.53. The van der Waals surface area contributed by atoms with Crippen LogP contribution in [-0.4, -0.2) is 72.3 Å². The van der Waals surface area contributed by atoms with Gasteiger partial charge in [-0.05, 0) is 17.7 Å². The van der Waals surface area contributed by atoms with E-state index in [-0.39, 0.29) is 43.0 Å². The molecule has 0 bridgehead atoms. The zero-order chi connectivity index (χ0) is 20.9. The van der Waals surface area contributed by atoms with E-state index in [0.29, 0.717) is 25.4 Å². The van der Waals surface area contributed by atoms with Crippen molar-refractivity contribution in [2.24, 2.45) is 0 Å². The lowest BCUT2D eigenvalue weighted by Crippen LogP contribution is -2.50. The summed E-state index contributed by atoms with van der Waals surface area (Å²) in [4.78, 5) is 32.2. The van der Waals surface area contributed by atoms with Gasteiger partial charge in [-0.2, -0.15) is 0 Å². The number of hydrogen-bond donors (Lipinski definition) is 0. The molecule has 9 heteroatoms. The first-order chi connectivity index (χ1) is 14.6. The summed E-state index contributed by atoms with van der Waals surface area (Å²) in [5.41, 5.74) is 0.942. The Morgan fingerprint density at radius 2 is 2.07 bits per heavy atom. The normalized spacial score (nSPS) is 21.4. The molecule has 8 nitrogen and oxygen atoms in total. The van der Waals surface area contributed by atoms with Gasteiger partial charge in [-0.3, -0.25) is 9.69 Å². The second-order valence-electron chi connectivity index (χ2n) is 7.07. The van der Waals surface area contributed by atoms with Gasteiger partial charge >= 0.3 is 6.09 Å². The summed E-state index contributed by atoms with van der Waals surface area (Å²) in [7, 11) is 0. The molecule has 2 aliphatic heterocycles. The van der Waals surface area contributed by atoms with Crippen molar-refractivity contribution in [1.82, 2.24) is 14.8 Å². The number of rotatable bonds is 6. The van der Waals surface area contributed by atoms with Gasteiger partial charge in [0.05, 0.1) is 19.2 Å². The number of carbonyl (C=O) groups is 2. The van der Waals surface area contributed by atoms with Crippen LogP contribution in [0.25, 0.3) is 0 Å². The number of aromatic nitrogens is 1. The minimum atomic E-state index is -0.475. The van der Waals surface area contributed by atoms with Gasteiger partial charge in [0.15, 0.2) is 10.9 Å². The summed E-state index contributed by atoms with van der Waals surface area (Å²) >= 11 is 6.00. The molecule has 0 aliphatic carbocycles. The van der Waals surface area contributed by atoms with Gasteiger partial charge in [-0.1, -0.05) is 41.9 Å². The van der Waals surface area contributed by atoms with Crippen molar-refractivity contribution in [2.45, 2.75) is 12.1 Å². The van der Waals surface area contributed by atoms with E-state index in [1.807, 2.05) is 30.3 Å². The predicted octanol–water partition coefficient (Wildman–Crippen LogP) is 2.53. The van der Waals surface area contributed by atoms with Crippen LogP contribution < -0.4 is 4.74 Å². The Kier molecular flexibility index (Phi) is 6.35. The molecule has 1 aromatic carbocycles. The second-order valence-corrected chi connectivity index (χ2v) is 7.43. The highest BCUT2D eigenvalue weighted by molar-refractivity contribution is 6.30. The quantitative estimate of drug-likeness (QED) is 0.654. The second kappa shape index (κ2) is 9.32. The molecule has 2 fully saturated rings. The zero-order valence-corrected chi connectivity index (χ0v) is 17.0. The molecule has 2 amide bonds. The zero-order valence-electron chi connectivity index (χ0n) is 16.3. The van der Waals surface area contributed by atoms with Gasteiger partial charge in [-0.15, -0.1) is 0 Å². The summed E-state index contributed by atoms with van der Waals surface area (Å²) < 4.78 is 16.6. The third kappa shape index (κ3) is 4.66. The molecule has 0 radical (unpaired) electrons. The van der Waals surface area contributed by atoms with Crippen LogP contribution in [0.2, 0.25) is 5.15 Å². The number of hydrogen-bond acceptors (Lipinski definition) is 6. The molecule has 158 valence electrons. The number of cyclic esters (lactones) is 1. The first-order valence-corrected chi connectivity index (χ1v) is 10.1. The smallest absolute Gasteiger partial charge is 0.410 e. The molecule has 1 unspecified atom stereocenters. The summed E-state index contributed by atoms with van der Waals surface area (Å²) in [5.74, 6) is 0.319. The van der Waals surface area contributed by atoms with Gasteiger partial charge in [-0.25, -0.2) is 9.78 Å². The van der Waals surface area contributed by atoms with Gasteiger partial charge in [0.2, 0.25) is 5.91 Å². The van der Waals surface area contributed by atoms with E-state index in [0.717, 1.165) is 5.56 Å². The van der Waals surface area contributed by atoms with E-state index < -0.39 is 6.09 Å². The van der Waals surface area contributed by atoms with Crippen LogP contribution in [0.3, 0.4) is 0 Å². The van der Waals surface area contributed by atoms with Gasteiger partial charge in [0.1, 0.15) is 25.9 Å². The van der Waals surface area contributed by atoms with Crippen LogP contribution in [0, 0.1) is 0 Å². The van der Waals surface area contributed by atoms with Gasteiger partial charge in [0, 0.05) is 12.7 Å². The molecule has 3 heterocycles. The molecule has 0 N–H and O–H groups in total. The van der Waals surface area contributed by atoms with E-state index >= 15 is 0 Å². The molecular formula is C21H22ClN3O5. The average molecular weight is 432 g/mol. The molecule has 2 aliphatic rings. The number of benzene rings is 1. The Morgan fingerprint density at radius 1 is 1.23 bits per heavy atom. The first kappa shape index (κ1) is 20.4. The third-order valence-electron chi connectivity index (χ3n) is 5.11. The van der Waals surface area contributed by atoms with Crippen molar-refractivity contribution in [1.29, 1.82) is 0 Å². The van der Waals surface area contributed by atoms with E-state index in [2.05, 4.69) is 4.98 Å². The monoisotopic (exact) mass is 431 g/mol. The molecule has 2 atom stereocenters. The maximum atomic E-state index is 12.9. The summed E-state index contributed by atoms with van der Waals surface area (Å²) in [5, 5.41) is 0.278. The van der Waals surface area contributed by atoms with Crippen molar-refractivity contribution in [3.8, 4) is 5.75 Å². The minimum Gasteiger partial charge on any atom is -0.488 e. The van der Waals surface area contributed by atoms with Crippen molar-refractivity contribution < 1.29 is 23.8 Å². The standard InChI is InChI=1S/C21H22ClN3O5/c22-20-18(7-4-8-23-20)29-13-16-11-24(9-10-28-16)19(26)12-25-17(14-30-21(25)27)15-5-2-1-3-6-15/h1-8,16-17H,9-14H2/t16?,17-/m1/s1. The molecular weight excluding hydrogens is 410 g/mol. The van der Waals surface area contributed by atoms with Crippen molar-refractivity contribution >= 4 is 23.6 Å². The Balaban J connectivity index is 1.34. The third-order valence-corrected chi connectivity index (χ3v) is 5.39. The Labute approximate surface area is 179 Å². The lowest BCUT2D eigenvalue weighted by Gasteiger charge is -2.34. The predicted molar refractivity (Wildman–Crippen MR) is 108 cm³/mol. The van der Waals surface area contributed by atoms with E-state index in [4.69, 9.17) is 25.8 Å². The summed E-state index contributed by atoms with van der Waals surface area (Å²) in [6.07, 6.45) is 0.810. The average Bonchev–Trinajstić information content (AvgIpc) is 3.14. The van der Waals surface area contributed by atoms with Crippen molar-refractivity contribution in [2.75, 3.05) is 39.5 Å². The number of carbonyl (C=O) groups excluding carboxylic acids is 2. The van der Waals surface area contributed by atoms with Crippen molar-refractivity contribution in [3.63, 3.8) is 0 Å². The van der Waals surface area contributed by atoms with Crippen LogP contribution in [0.5, 0.6) is 5.75 Å². The fraction of sp³-hybridized carbons (Fsp3) is 0.381.